The molecule has 0 amide bonds. The van der Waals surface area contributed by atoms with Crippen LogP contribution in [0.25, 0.3) is 10.2 Å². The van der Waals surface area contributed by atoms with Gasteiger partial charge in [-0.3, -0.25) is 0 Å². The summed E-state index contributed by atoms with van der Waals surface area (Å²) in [5, 5.41) is 4.10. The summed E-state index contributed by atoms with van der Waals surface area (Å²) in [6.45, 7) is 0.846. The van der Waals surface area contributed by atoms with E-state index < -0.39 is 0 Å². The highest BCUT2D eigenvalue weighted by molar-refractivity contribution is 8.01. The van der Waals surface area contributed by atoms with Crippen molar-refractivity contribution in [3.8, 4) is 0 Å². The minimum absolute atomic E-state index is 0.846. The topological polar surface area (TPSA) is 37.8 Å². The number of pyridine rings is 1. The van der Waals surface area contributed by atoms with Crippen LogP contribution in [0.1, 0.15) is 5.56 Å². The highest BCUT2D eigenvalue weighted by Gasteiger charge is 2.05. The number of rotatable bonds is 4. The van der Waals surface area contributed by atoms with Crippen molar-refractivity contribution in [3.63, 3.8) is 0 Å². The third kappa shape index (κ3) is 2.94. The molecule has 1 N–H and O–H groups in total. The standard InChI is InChI=1S/C14H13N3S2/c1-15-8-10-6-7-13(16-9-10)19-14-17-11-4-2-3-5-12(11)18-14/h2-7,9,15H,8H2,1H3. The highest BCUT2D eigenvalue weighted by atomic mass is 32.2. The smallest absolute Gasteiger partial charge is 0.157 e. The molecule has 0 unspecified atom stereocenters. The van der Waals surface area contributed by atoms with Crippen LogP contribution in [-0.4, -0.2) is 17.0 Å². The third-order valence-electron chi connectivity index (χ3n) is 2.64. The second-order valence-electron chi connectivity index (χ2n) is 4.08. The van der Waals surface area contributed by atoms with Crippen molar-refractivity contribution in [2.75, 3.05) is 7.05 Å². The van der Waals surface area contributed by atoms with Gasteiger partial charge in [0.15, 0.2) is 4.34 Å². The lowest BCUT2D eigenvalue weighted by Crippen LogP contribution is -2.04. The van der Waals surface area contributed by atoms with Crippen LogP contribution in [0.4, 0.5) is 0 Å². The predicted molar refractivity (Wildman–Crippen MR) is 80.7 cm³/mol. The van der Waals surface area contributed by atoms with Crippen LogP contribution in [-0.2, 0) is 6.54 Å². The van der Waals surface area contributed by atoms with Gasteiger partial charge in [-0.2, -0.15) is 0 Å². The Kier molecular flexibility index (Phi) is 3.77. The molecule has 0 aliphatic rings. The molecule has 0 saturated heterocycles. The van der Waals surface area contributed by atoms with Crippen molar-refractivity contribution in [1.82, 2.24) is 15.3 Å². The Bertz CT molecular complexity index is 643. The Labute approximate surface area is 120 Å². The molecule has 0 aliphatic carbocycles. The van der Waals surface area contributed by atoms with Gasteiger partial charge in [0.1, 0.15) is 5.03 Å². The van der Waals surface area contributed by atoms with Gasteiger partial charge in [0.2, 0.25) is 0 Å². The first-order valence-corrected chi connectivity index (χ1v) is 7.61. The number of aromatic nitrogens is 2. The average molecular weight is 287 g/mol. The second kappa shape index (κ2) is 5.69. The third-order valence-corrected chi connectivity index (χ3v) is 4.69. The monoisotopic (exact) mass is 287 g/mol. The summed E-state index contributed by atoms with van der Waals surface area (Å²) in [6, 6.07) is 12.3. The highest BCUT2D eigenvalue weighted by Crippen LogP contribution is 2.33. The van der Waals surface area contributed by atoms with E-state index >= 15 is 0 Å². The molecule has 0 spiro atoms. The van der Waals surface area contributed by atoms with Crippen molar-refractivity contribution >= 4 is 33.3 Å². The zero-order valence-electron chi connectivity index (χ0n) is 10.5. The maximum absolute atomic E-state index is 4.60. The molecule has 96 valence electrons. The fourth-order valence-corrected chi connectivity index (χ4v) is 3.72. The SMILES string of the molecule is CNCc1ccc(Sc2nc3ccccc3s2)nc1. The van der Waals surface area contributed by atoms with Crippen LogP contribution < -0.4 is 5.32 Å². The van der Waals surface area contributed by atoms with E-state index in [1.165, 1.54) is 10.3 Å². The average Bonchev–Trinajstić information content (AvgIpc) is 2.83. The van der Waals surface area contributed by atoms with Gasteiger partial charge in [-0.05, 0) is 42.6 Å². The molecule has 0 fully saturated rings. The van der Waals surface area contributed by atoms with Crippen LogP contribution in [0.3, 0.4) is 0 Å². The normalized spacial score (nSPS) is 11.0. The summed E-state index contributed by atoms with van der Waals surface area (Å²) in [7, 11) is 1.93. The molecule has 3 aromatic rings. The first-order chi connectivity index (χ1) is 9.35. The van der Waals surface area contributed by atoms with E-state index in [2.05, 4.69) is 27.4 Å². The summed E-state index contributed by atoms with van der Waals surface area (Å²) in [5.74, 6) is 0. The van der Waals surface area contributed by atoms with Crippen molar-refractivity contribution < 1.29 is 0 Å². The first-order valence-electron chi connectivity index (χ1n) is 5.98. The second-order valence-corrected chi connectivity index (χ2v) is 6.38. The van der Waals surface area contributed by atoms with Crippen molar-refractivity contribution in [3.05, 3.63) is 48.2 Å². The number of nitrogens with one attached hydrogen (secondary N) is 1. The van der Waals surface area contributed by atoms with Gasteiger partial charge in [-0.15, -0.1) is 11.3 Å². The number of thiazole rings is 1. The number of nitrogens with zero attached hydrogens (tertiary/aromatic N) is 2. The van der Waals surface area contributed by atoms with Crippen LogP contribution in [0, 0.1) is 0 Å². The molecule has 1 aromatic carbocycles. The molecule has 0 atom stereocenters. The van der Waals surface area contributed by atoms with E-state index in [0.717, 1.165) is 21.4 Å². The summed E-state index contributed by atoms with van der Waals surface area (Å²) in [4.78, 5) is 9.05. The zero-order chi connectivity index (χ0) is 13.1. The minimum Gasteiger partial charge on any atom is -0.316 e. The Morgan fingerprint density at radius 2 is 2.11 bits per heavy atom. The quantitative estimate of drug-likeness (QED) is 0.796. The summed E-state index contributed by atoms with van der Waals surface area (Å²) in [6.07, 6.45) is 1.91. The molecular formula is C14H13N3S2. The van der Waals surface area contributed by atoms with Gasteiger partial charge >= 0.3 is 0 Å². The fourth-order valence-electron chi connectivity index (χ4n) is 1.76. The number of hydrogen-bond donors (Lipinski definition) is 1. The summed E-state index contributed by atoms with van der Waals surface area (Å²) in [5.41, 5.74) is 2.25. The number of hydrogen-bond acceptors (Lipinski definition) is 5. The van der Waals surface area contributed by atoms with Crippen LogP contribution in [0.5, 0.6) is 0 Å². The van der Waals surface area contributed by atoms with E-state index in [1.54, 1.807) is 23.1 Å². The van der Waals surface area contributed by atoms with Gasteiger partial charge in [0.05, 0.1) is 10.2 Å². The predicted octanol–water partition coefficient (Wildman–Crippen LogP) is 3.56. The van der Waals surface area contributed by atoms with Gasteiger partial charge < -0.3 is 5.32 Å². The molecule has 3 nitrogen and oxygen atoms in total. The lowest BCUT2D eigenvalue weighted by molar-refractivity contribution is 0.809. The number of benzene rings is 1. The molecule has 5 heteroatoms. The Morgan fingerprint density at radius 1 is 1.21 bits per heavy atom. The van der Waals surface area contributed by atoms with Crippen molar-refractivity contribution in [2.45, 2.75) is 15.9 Å². The first kappa shape index (κ1) is 12.6. The molecular weight excluding hydrogens is 274 g/mol. The Balaban J connectivity index is 1.80. The van der Waals surface area contributed by atoms with Crippen LogP contribution in [0.2, 0.25) is 0 Å². The molecule has 0 radical (unpaired) electrons. The number of fused-ring (bicyclic) bond motifs is 1. The molecule has 0 saturated carbocycles. The van der Waals surface area contributed by atoms with Gasteiger partial charge in [0, 0.05) is 12.7 Å². The zero-order valence-corrected chi connectivity index (χ0v) is 12.1. The fraction of sp³-hybridized carbons (Fsp3) is 0.143. The molecule has 2 aromatic heterocycles. The van der Waals surface area contributed by atoms with E-state index in [-0.39, 0.29) is 0 Å². The lowest BCUT2D eigenvalue weighted by Gasteiger charge is -2.00. The van der Waals surface area contributed by atoms with Crippen LogP contribution >= 0.6 is 23.1 Å². The van der Waals surface area contributed by atoms with Crippen molar-refractivity contribution in [2.24, 2.45) is 0 Å². The Morgan fingerprint density at radius 3 is 2.84 bits per heavy atom. The Hall–Kier alpha value is -1.43. The van der Waals surface area contributed by atoms with Gasteiger partial charge in [-0.25, -0.2) is 9.97 Å². The van der Waals surface area contributed by atoms with Gasteiger partial charge in [0.25, 0.3) is 0 Å². The van der Waals surface area contributed by atoms with E-state index in [0.29, 0.717) is 0 Å². The maximum Gasteiger partial charge on any atom is 0.157 e. The molecule has 3 rings (SSSR count). The van der Waals surface area contributed by atoms with E-state index in [4.69, 9.17) is 0 Å². The molecule has 0 bridgehead atoms. The van der Waals surface area contributed by atoms with E-state index in [1.807, 2.05) is 37.5 Å². The minimum atomic E-state index is 0.846. The largest absolute Gasteiger partial charge is 0.316 e. The molecule has 0 aliphatic heterocycles. The summed E-state index contributed by atoms with van der Waals surface area (Å²) < 4.78 is 2.26. The number of para-hydroxylation sites is 1. The van der Waals surface area contributed by atoms with Gasteiger partial charge in [-0.1, -0.05) is 18.2 Å². The summed E-state index contributed by atoms with van der Waals surface area (Å²) >= 11 is 3.32. The van der Waals surface area contributed by atoms with Crippen LogP contribution in [0.15, 0.2) is 52.0 Å². The molecule has 19 heavy (non-hydrogen) atoms. The lowest BCUT2D eigenvalue weighted by atomic mass is 10.3. The molecule has 2 heterocycles. The maximum atomic E-state index is 4.60. The van der Waals surface area contributed by atoms with E-state index in [9.17, 15) is 0 Å². The van der Waals surface area contributed by atoms with Crippen molar-refractivity contribution in [1.29, 1.82) is 0 Å².